The van der Waals surface area contributed by atoms with Crippen molar-refractivity contribution in [1.29, 1.82) is 0 Å². The monoisotopic (exact) mass is 203 g/mol. The number of carboxylic acids is 1. The number of aromatic nitrogens is 3. The summed E-state index contributed by atoms with van der Waals surface area (Å²) < 4.78 is 1.52. The Kier molecular flexibility index (Phi) is 2.21. The van der Waals surface area contributed by atoms with Gasteiger partial charge in [0, 0.05) is 0 Å². The first-order valence-electron chi connectivity index (χ1n) is 4.37. The fraction of sp³-hybridized carbons (Fsp3) is 0.100. The summed E-state index contributed by atoms with van der Waals surface area (Å²) in [6.07, 6.45) is 2.93. The van der Waals surface area contributed by atoms with Crippen LogP contribution in [0.5, 0.6) is 0 Å². The molecule has 1 N–H and O–H groups in total. The van der Waals surface area contributed by atoms with Gasteiger partial charge in [0.25, 0.3) is 0 Å². The Morgan fingerprint density at radius 1 is 1.47 bits per heavy atom. The highest BCUT2D eigenvalue weighted by Gasteiger charge is 2.08. The number of aryl methyl sites for hydroxylation is 1. The maximum Gasteiger partial charge on any atom is 0.336 e. The third-order valence-electron chi connectivity index (χ3n) is 2.13. The molecular formula is C10H9N3O2. The molecule has 0 aliphatic rings. The smallest absolute Gasteiger partial charge is 0.336 e. The molecule has 0 spiro atoms. The Balaban J connectivity index is 2.52. The van der Waals surface area contributed by atoms with Gasteiger partial charge in [-0.1, -0.05) is 6.07 Å². The summed E-state index contributed by atoms with van der Waals surface area (Å²) in [5.74, 6) is -0.936. The van der Waals surface area contributed by atoms with Crippen molar-refractivity contribution in [2.45, 2.75) is 6.92 Å². The Morgan fingerprint density at radius 3 is 2.87 bits per heavy atom. The van der Waals surface area contributed by atoms with Gasteiger partial charge in [0.15, 0.2) is 0 Å². The number of benzene rings is 1. The maximum absolute atomic E-state index is 10.9. The zero-order valence-corrected chi connectivity index (χ0v) is 8.08. The first-order chi connectivity index (χ1) is 7.18. The second-order valence-corrected chi connectivity index (χ2v) is 3.14. The van der Waals surface area contributed by atoms with Gasteiger partial charge < -0.3 is 5.11 Å². The molecule has 5 nitrogen and oxygen atoms in total. The molecule has 1 aromatic heterocycles. The molecule has 2 aromatic rings. The van der Waals surface area contributed by atoms with Crippen molar-refractivity contribution >= 4 is 5.97 Å². The van der Waals surface area contributed by atoms with E-state index in [1.807, 2.05) is 0 Å². The zero-order valence-electron chi connectivity index (χ0n) is 8.08. The van der Waals surface area contributed by atoms with E-state index >= 15 is 0 Å². The van der Waals surface area contributed by atoms with Crippen LogP contribution in [0.4, 0.5) is 0 Å². The van der Waals surface area contributed by atoms with E-state index in [1.165, 1.54) is 17.3 Å². The van der Waals surface area contributed by atoms with Crippen molar-refractivity contribution in [2.75, 3.05) is 0 Å². The number of aromatic carboxylic acids is 1. The third-order valence-corrected chi connectivity index (χ3v) is 2.13. The van der Waals surface area contributed by atoms with Gasteiger partial charge in [-0.3, -0.25) is 0 Å². The quantitative estimate of drug-likeness (QED) is 0.798. The molecule has 0 aliphatic heterocycles. The molecule has 0 unspecified atom stereocenters. The Morgan fingerprint density at radius 2 is 2.27 bits per heavy atom. The Hall–Kier alpha value is -2.17. The summed E-state index contributed by atoms with van der Waals surface area (Å²) in [5, 5.41) is 12.9. The summed E-state index contributed by atoms with van der Waals surface area (Å²) >= 11 is 0. The standard InChI is InChI=1S/C10H9N3O2/c1-7-2-3-8(4-9(7)10(14)15)13-6-11-5-12-13/h2-6H,1H3,(H,14,15). The van der Waals surface area contributed by atoms with Crippen molar-refractivity contribution < 1.29 is 9.90 Å². The van der Waals surface area contributed by atoms with Crippen LogP contribution in [0.15, 0.2) is 30.9 Å². The molecule has 0 saturated carbocycles. The van der Waals surface area contributed by atoms with Gasteiger partial charge in [0.1, 0.15) is 12.7 Å². The summed E-state index contributed by atoms with van der Waals surface area (Å²) in [4.78, 5) is 14.7. The molecule has 2 rings (SSSR count). The number of rotatable bonds is 2. The highest BCUT2D eigenvalue weighted by Crippen LogP contribution is 2.13. The number of carboxylic acid groups (broad SMARTS) is 1. The highest BCUT2D eigenvalue weighted by atomic mass is 16.4. The molecule has 1 aromatic carbocycles. The van der Waals surface area contributed by atoms with Crippen molar-refractivity contribution in [3.05, 3.63) is 42.0 Å². The van der Waals surface area contributed by atoms with Crippen LogP contribution >= 0.6 is 0 Å². The van der Waals surface area contributed by atoms with Crippen LogP contribution in [0, 0.1) is 6.92 Å². The molecule has 0 atom stereocenters. The molecule has 0 amide bonds. The van der Waals surface area contributed by atoms with Crippen LogP contribution in [0.2, 0.25) is 0 Å². The predicted octanol–water partition coefficient (Wildman–Crippen LogP) is 1.27. The molecule has 0 aliphatic carbocycles. The molecule has 5 heteroatoms. The van der Waals surface area contributed by atoms with E-state index in [0.717, 1.165) is 5.56 Å². The van der Waals surface area contributed by atoms with Crippen LogP contribution in [0.25, 0.3) is 5.69 Å². The van der Waals surface area contributed by atoms with Gasteiger partial charge in [-0.05, 0) is 24.6 Å². The minimum absolute atomic E-state index is 0.281. The van der Waals surface area contributed by atoms with Gasteiger partial charge >= 0.3 is 5.97 Å². The van der Waals surface area contributed by atoms with E-state index in [-0.39, 0.29) is 5.56 Å². The van der Waals surface area contributed by atoms with Crippen LogP contribution in [0.1, 0.15) is 15.9 Å². The third kappa shape index (κ3) is 1.71. The molecule has 0 saturated heterocycles. The second-order valence-electron chi connectivity index (χ2n) is 3.14. The average Bonchev–Trinajstić information content (AvgIpc) is 2.71. The second kappa shape index (κ2) is 3.53. The number of hydrogen-bond acceptors (Lipinski definition) is 3. The lowest BCUT2D eigenvalue weighted by Gasteiger charge is -2.04. The molecule has 1 heterocycles. The lowest BCUT2D eigenvalue weighted by molar-refractivity contribution is 0.0696. The molecule has 15 heavy (non-hydrogen) atoms. The largest absolute Gasteiger partial charge is 0.478 e. The van der Waals surface area contributed by atoms with E-state index in [4.69, 9.17) is 5.11 Å². The maximum atomic E-state index is 10.9. The van der Waals surface area contributed by atoms with E-state index in [1.54, 1.807) is 25.1 Å². The lowest BCUT2D eigenvalue weighted by Crippen LogP contribution is -2.02. The minimum atomic E-state index is -0.936. The van der Waals surface area contributed by atoms with Crippen LogP contribution in [-0.2, 0) is 0 Å². The molecule has 0 radical (unpaired) electrons. The van der Waals surface area contributed by atoms with E-state index < -0.39 is 5.97 Å². The van der Waals surface area contributed by atoms with E-state index in [0.29, 0.717) is 5.69 Å². The van der Waals surface area contributed by atoms with Crippen molar-refractivity contribution in [1.82, 2.24) is 14.8 Å². The fourth-order valence-electron chi connectivity index (χ4n) is 1.32. The Labute approximate surface area is 86.0 Å². The number of nitrogens with zero attached hydrogens (tertiary/aromatic N) is 3. The number of hydrogen-bond donors (Lipinski definition) is 1. The SMILES string of the molecule is Cc1ccc(-n2cncn2)cc1C(=O)O. The van der Waals surface area contributed by atoms with E-state index in [9.17, 15) is 4.79 Å². The van der Waals surface area contributed by atoms with Crippen LogP contribution < -0.4 is 0 Å². The summed E-state index contributed by atoms with van der Waals surface area (Å²) in [5.41, 5.74) is 1.70. The predicted molar refractivity (Wildman–Crippen MR) is 53.1 cm³/mol. The minimum Gasteiger partial charge on any atom is -0.478 e. The first kappa shape index (κ1) is 9.39. The number of carbonyl (C=O) groups is 1. The Bertz CT molecular complexity index is 491. The fourth-order valence-corrected chi connectivity index (χ4v) is 1.32. The normalized spacial score (nSPS) is 10.2. The summed E-state index contributed by atoms with van der Waals surface area (Å²) in [6, 6.07) is 5.13. The molecular weight excluding hydrogens is 194 g/mol. The average molecular weight is 203 g/mol. The van der Waals surface area contributed by atoms with Gasteiger partial charge in [0.2, 0.25) is 0 Å². The van der Waals surface area contributed by atoms with Gasteiger partial charge in [-0.2, -0.15) is 5.10 Å². The summed E-state index contributed by atoms with van der Waals surface area (Å²) in [7, 11) is 0. The lowest BCUT2D eigenvalue weighted by atomic mass is 10.1. The van der Waals surface area contributed by atoms with Crippen LogP contribution in [-0.4, -0.2) is 25.8 Å². The van der Waals surface area contributed by atoms with Crippen molar-refractivity contribution in [3.8, 4) is 5.69 Å². The van der Waals surface area contributed by atoms with Crippen molar-refractivity contribution in [2.24, 2.45) is 0 Å². The zero-order chi connectivity index (χ0) is 10.8. The molecule has 76 valence electrons. The van der Waals surface area contributed by atoms with Crippen molar-refractivity contribution in [3.63, 3.8) is 0 Å². The molecule has 0 fully saturated rings. The van der Waals surface area contributed by atoms with E-state index in [2.05, 4.69) is 10.1 Å². The highest BCUT2D eigenvalue weighted by molar-refractivity contribution is 5.90. The van der Waals surface area contributed by atoms with Crippen LogP contribution in [0.3, 0.4) is 0 Å². The topological polar surface area (TPSA) is 68.0 Å². The first-order valence-corrected chi connectivity index (χ1v) is 4.37. The van der Waals surface area contributed by atoms with Gasteiger partial charge in [-0.15, -0.1) is 0 Å². The van der Waals surface area contributed by atoms with Gasteiger partial charge in [-0.25, -0.2) is 14.5 Å². The van der Waals surface area contributed by atoms with Gasteiger partial charge in [0.05, 0.1) is 11.3 Å². The molecule has 0 bridgehead atoms. The summed E-state index contributed by atoms with van der Waals surface area (Å²) in [6.45, 7) is 1.76.